The third-order valence-corrected chi connectivity index (χ3v) is 5.32. The summed E-state index contributed by atoms with van der Waals surface area (Å²) in [5.41, 5.74) is 7.74. The van der Waals surface area contributed by atoms with Gasteiger partial charge >= 0.3 is 5.97 Å². The molecule has 158 valence electrons. The highest BCUT2D eigenvalue weighted by Gasteiger charge is 2.40. The van der Waals surface area contributed by atoms with Gasteiger partial charge in [-0.25, -0.2) is 4.79 Å². The number of nitrogens with one attached hydrogen (secondary N) is 1. The molecule has 2 amide bonds. The van der Waals surface area contributed by atoms with Gasteiger partial charge in [0.25, 0.3) is 0 Å². The van der Waals surface area contributed by atoms with Gasteiger partial charge in [-0.15, -0.1) is 0 Å². The van der Waals surface area contributed by atoms with Crippen molar-refractivity contribution >= 4 is 17.8 Å². The number of nitrogens with zero attached hydrogens (tertiary/aromatic N) is 1. The maximum absolute atomic E-state index is 13.3. The molecular formula is C23H27N3O4. The molecule has 2 aromatic carbocycles. The van der Waals surface area contributed by atoms with Gasteiger partial charge in [0.15, 0.2) is 0 Å². The molecule has 0 aliphatic carbocycles. The van der Waals surface area contributed by atoms with E-state index >= 15 is 0 Å². The maximum atomic E-state index is 13.3. The van der Waals surface area contributed by atoms with Gasteiger partial charge in [-0.1, -0.05) is 60.7 Å². The van der Waals surface area contributed by atoms with Crippen molar-refractivity contribution in [2.24, 2.45) is 5.73 Å². The highest BCUT2D eigenvalue weighted by atomic mass is 16.4. The summed E-state index contributed by atoms with van der Waals surface area (Å²) in [7, 11) is 0. The van der Waals surface area contributed by atoms with Crippen LogP contribution < -0.4 is 11.1 Å². The first-order valence-corrected chi connectivity index (χ1v) is 10.1. The van der Waals surface area contributed by atoms with Gasteiger partial charge in [-0.05, 0) is 36.9 Å². The molecular weight excluding hydrogens is 382 g/mol. The SMILES string of the molecule is NC(Cc1ccccc1)C(=O)N(C(=O)C1CCCN1)C(Cc1ccccc1)C(=O)O. The number of hydrogen-bond acceptors (Lipinski definition) is 5. The summed E-state index contributed by atoms with van der Waals surface area (Å²) < 4.78 is 0. The van der Waals surface area contributed by atoms with E-state index in [1.807, 2.05) is 36.4 Å². The van der Waals surface area contributed by atoms with Crippen LogP contribution in [0.15, 0.2) is 60.7 Å². The number of aliphatic carboxylic acids is 1. The second-order valence-electron chi connectivity index (χ2n) is 7.54. The monoisotopic (exact) mass is 409 g/mol. The Morgan fingerprint density at radius 2 is 1.57 bits per heavy atom. The minimum Gasteiger partial charge on any atom is -0.480 e. The predicted octanol–water partition coefficient (Wildman–Crippen LogP) is 1.36. The Bertz CT molecular complexity index is 867. The van der Waals surface area contributed by atoms with Crippen LogP contribution in [0.4, 0.5) is 0 Å². The van der Waals surface area contributed by atoms with Gasteiger partial charge < -0.3 is 16.2 Å². The fraction of sp³-hybridized carbons (Fsp3) is 0.348. The van der Waals surface area contributed by atoms with E-state index in [1.165, 1.54) is 0 Å². The van der Waals surface area contributed by atoms with Crippen molar-refractivity contribution in [1.29, 1.82) is 0 Å². The molecule has 1 aliphatic heterocycles. The van der Waals surface area contributed by atoms with E-state index < -0.39 is 35.9 Å². The summed E-state index contributed by atoms with van der Waals surface area (Å²) in [4.78, 5) is 39.5. The highest BCUT2D eigenvalue weighted by molar-refractivity contribution is 6.03. The summed E-state index contributed by atoms with van der Waals surface area (Å²) in [6.07, 6.45) is 1.61. The fourth-order valence-electron chi connectivity index (χ4n) is 3.74. The lowest BCUT2D eigenvalue weighted by atomic mass is 10.00. The minimum absolute atomic E-state index is 0.0262. The van der Waals surface area contributed by atoms with Crippen molar-refractivity contribution in [3.8, 4) is 0 Å². The number of carboxylic acid groups (broad SMARTS) is 1. The molecule has 1 heterocycles. The Labute approximate surface area is 175 Å². The summed E-state index contributed by atoms with van der Waals surface area (Å²) in [6, 6.07) is 15.3. The Hall–Kier alpha value is -3.03. The first kappa shape index (κ1) is 21.7. The lowest BCUT2D eigenvalue weighted by Gasteiger charge is -2.31. The number of rotatable bonds is 8. The van der Waals surface area contributed by atoms with Gasteiger partial charge in [0.05, 0.1) is 12.1 Å². The number of carbonyl (C=O) groups is 3. The van der Waals surface area contributed by atoms with Gasteiger partial charge in [-0.2, -0.15) is 0 Å². The van der Waals surface area contributed by atoms with Crippen molar-refractivity contribution in [1.82, 2.24) is 10.2 Å². The van der Waals surface area contributed by atoms with Crippen LogP contribution in [0.25, 0.3) is 0 Å². The quantitative estimate of drug-likeness (QED) is 0.607. The van der Waals surface area contributed by atoms with Crippen LogP contribution in [0.2, 0.25) is 0 Å². The molecule has 0 spiro atoms. The molecule has 1 saturated heterocycles. The predicted molar refractivity (Wildman–Crippen MR) is 113 cm³/mol. The van der Waals surface area contributed by atoms with E-state index in [2.05, 4.69) is 5.32 Å². The van der Waals surface area contributed by atoms with E-state index in [9.17, 15) is 19.5 Å². The second-order valence-corrected chi connectivity index (χ2v) is 7.54. The van der Waals surface area contributed by atoms with Gasteiger partial charge in [-0.3, -0.25) is 14.5 Å². The average Bonchev–Trinajstić information content (AvgIpc) is 3.29. The fourth-order valence-corrected chi connectivity index (χ4v) is 3.74. The number of nitrogens with two attached hydrogens (primary N) is 1. The van der Waals surface area contributed by atoms with E-state index in [4.69, 9.17) is 5.73 Å². The van der Waals surface area contributed by atoms with Crippen LogP contribution in [0.3, 0.4) is 0 Å². The highest BCUT2D eigenvalue weighted by Crippen LogP contribution is 2.17. The summed E-state index contributed by atoms with van der Waals surface area (Å²) >= 11 is 0. The Balaban J connectivity index is 1.88. The molecule has 7 heteroatoms. The van der Waals surface area contributed by atoms with E-state index in [1.54, 1.807) is 24.3 Å². The minimum atomic E-state index is -1.32. The number of imide groups is 1. The smallest absolute Gasteiger partial charge is 0.327 e. The Morgan fingerprint density at radius 1 is 1.00 bits per heavy atom. The molecule has 3 rings (SSSR count). The first-order valence-electron chi connectivity index (χ1n) is 10.1. The number of benzene rings is 2. The topological polar surface area (TPSA) is 113 Å². The van der Waals surface area contributed by atoms with Crippen LogP contribution in [0.5, 0.6) is 0 Å². The molecule has 3 unspecified atom stereocenters. The maximum Gasteiger partial charge on any atom is 0.327 e. The van der Waals surface area contributed by atoms with Crippen molar-refractivity contribution in [2.75, 3.05) is 6.54 Å². The van der Waals surface area contributed by atoms with Crippen LogP contribution in [-0.4, -0.2) is 52.5 Å². The Kier molecular flexibility index (Phi) is 7.32. The molecule has 0 radical (unpaired) electrons. The molecule has 7 nitrogen and oxygen atoms in total. The molecule has 3 atom stereocenters. The Morgan fingerprint density at radius 3 is 2.07 bits per heavy atom. The first-order chi connectivity index (χ1) is 14.5. The van der Waals surface area contributed by atoms with Crippen molar-refractivity contribution in [3.05, 3.63) is 71.8 Å². The number of hydrogen-bond donors (Lipinski definition) is 3. The third-order valence-electron chi connectivity index (χ3n) is 5.32. The standard InChI is InChI=1S/C23H27N3O4/c24-18(14-16-8-3-1-4-9-16)21(27)26(22(28)19-12-7-13-25-19)20(23(29)30)15-17-10-5-2-6-11-17/h1-6,8-11,18-20,25H,7,12-15,24H2,(H,29,30). The molecule has 4 N–H and O–H groups in total. The molecule has 1 fully saturated rings. The zero-order valence-corrected chi connectivity index (χ0v) is 16.7. The third kappa shape index (κ3) is 5.31. The molecule has 0 saturated carbocycles. The normalized spacial score (nSPS) is 17.8. The van der Waals surface area contributed by atoms with Crippen LogP contribution in [0, 0.1) is 0 Å². The molecule has 0 bridgehead atoms. The summed E-state index contributed by atoms with van der Waals surface area (Å²) in [5, 5.41) is 13.0. The zero-order valence-electron chi connectivity index (χ0n) is 16.7. The van der Waals surface area contributed by atoms with Crippen molar-refractivity contribution in [3.63, 3.8) is 0 Å². The number of carboxylic acids is 1. The summed E-state index contributed by atoms with van der Waals surface area (Å²) in [6.45, 7) is 0.658. The molecule has 1 aliphatic rings. The number of amides is 2. The van der Waals surface area contributed by atoms with Crippen LogP contribution in [-0.2, 0) is 27.2 Å². The average molecular weight is 409 g/mol. The van der Waals surface area contributed by atoms with Crippen LogP contribution in [0.1, 0.15) is 24.0 Å². The van der Waals surface area contributed by atoms with Gasteiger partial charge in [0.1, 0.15) is 6.04 Å². The lowest BCUT2D eigenvalue weighted by molar-refractivity contribution is -0.159. The molecule has 30 heavy (non-hydrogen) atoms. The van der Waals surface area contributed by atoms with Crippen molar-refractivity contribution in [2.45, 2.75) is 43.8 Å². The summed E-state index contributed by atoms with van der Waals surface area (Å²) in [5.74, 6) is -2.42. The zero-order chi connectivity index (χ0) is 21.5. The van der Waals surface area contributed by atoms with E-state index in [0.717, 1.165) is 22.4 Å². The number of carbonyl (C=O) groups excluding carboxylic acids is 2. The van der Waals surface area contributed by atoms with Gasteiger partial charge in [0.2, 0.25) is 11.8 Å². The lowest BCUT2D eigenvalue weighted by Crippen LogP contribution is -2.59. The van der Waals surface area contributed by atoms with E-state index in [0.29, 0.717) is 13.0 Å². The molecule has 0 aromatic heterocycles. The molecule has 2 aromatic rings. The van der Waals surface area contributed by atoms with Crippen molar-refractivity contribution < 1.29 is 19.5 Å². The van der Waals surface area contributed by atoms with E-state index in [-0.39, 0.29) is 12.8 Å². The second kappa shape index (κ2) is 10.1. The largest absolute Gasteiger partial charge is 0.480 e. The van der Waals surface area contributed by atoms with Gasteiger partial charge in [0, 0.05) is 6.42 Å². The van der Waals surface area contributed by atoms with Crippen LogP contribution >= 0.6 is 0 Å².